The highest BCUT2D eigenvalue weighted by Crippen LogP contribution is 2.03. The van der Waals surface area contributed by atoms with E-state index in [4.69, 9.17) is 4.74 Å². The third-order valence-electron chi connectivity index (χ3n) is 2.37. The summed E-state index contributed by atoms with van der Waals surface area (Å²) in [7, 11) is 1.71. The molecule has 124 valence electrons. The van der Waals surface area contributed by atoms with Gasteiger partial charge in [0.2, 0.25) is 0 Å². The van der Waals surface area contributed by atoms with Crippen LogP contribution < -0.4 is 0 Å². The van der Waals surface area contributed by atoms with Crippen LogP contribution >= 0.6 is 0 Å². The number of allylic oxidation sites excluding steroid dienone is 3. The lowest BCUT2D eigenvalue weighted by Gasteiger charge is -1.98. The zero-order chi connectivity index (χ0) is 17.1. The van der Waals surface area contributed by atoms with Gasteiger partial charge in [0.1, 0.15) is 0 Å². The second-order valence-corrected chi connectivity index (χ2v) is 4.07. The Kier molecular flexibility index (Phi) is 19.9. The summed E-state index contributed by atoms with van der Waals surface area (Å²) < 4.78 is 4.98. The monoisotopic (exact) mass is 303 g/mol. The molecule has 0 N–H and O–H groups in total. The number of aryl methyl sites for hydroxylation is 1. The molecule has 1 aromatic carbocycles. The summed E-state index contributed by atoms with van der Waals surface area (Å²) in [5.74, 6) is 0. The van der Waals surface area contributed by atoms with Crippen LogP contribution in [0.1, 0.15) is 45.2 Å². The molecule has 0 bridgehead atoms. The third kappa shape index (κ3) is 14.7. The van der Waals surface area contributed by atoms with E-state index in [1.165, 1.54) is 11.1 Å². The Bertz CT molecular complexity index is 403. The van der Waals surface area contributed by atoms with Gasteiger partial charge in [-0.1, -0.05) is 75.8 Å². The van der Waals surface area contributed by atoms with Gasteiger partial charge in [-0.2, -0.15) is 0 Å². The molecule has 2 rings (SSSR count). The van der Waals surface area contributed by atoms with Crippen LogP contribution in [0.4, 0.5) is 0 Å². The number of rotatable bonds is 2. The fourth-order valence-electron chi connectivity index (χ4n) is 1.54. The Balaban J connectivity index is 0. The maximum atomic E-state index is 4.98. The van der Waals surface area contributed by atoms with Crippen molar-refractivity contribution < 1.29 is 4.74 Å². The number of hydrogen-bond donors (Lipinski definition) is 0. The first-order chi connectivity index (χ1) is 10.8. The molecule has 0 spiro atoms. The number of nitrogens with zero attached hydrogens (tertiary/aromatic N) is 1. The van der Waals surface area contributed by atoms with E-state index < -0.39 is 0 Å². The summed E-state index contributed by atoms with van der Waals surface area (Å²) >= 11 is 0. The molecule has 1 aliphatic rings. The van der Waals surface area contributed by atoms with Gasteiger partial charge in [-0.25, -0.2) is 0 Å². The number of methoxy groups -OCH3 is 1. The molecule has 0 aromatic heterocycles. The molecular formula is C20H33NO. The molecule has 0 unspecified atom stereocenters. The highest BCUT2D eigenvalue weighted by molar-refractivity contribution is 5.71. The van der Waals surface area contributed by atoms with Gasteiger partial charge in [0.25, 0.3) is 0 Å². The van der Waals surface area contributed by atoms with Crippen molar-refractivity contribution in [2.24, 2.45) is 4.99 Å². The summed E-state index contributed by atoms with van der Waals surface area (Å²) in [4.78, 5) is 4.03. The molecule has 2 nitrogen and oxygen atoms in total. The average Bonchev–Trinajstić information content (AvgIpc) is 2.52. The van der Waals surface area contributed by atoms with E-state index in [2.05, 4.69) is 48.3 Å². The van der Waals surface area contributed by atoms with E-state index in [0.717, 1.165) is 13.0 Å². The standard InChI is InChI=1S/C9H12O.C7H9N.2C2H6/c1-8-4-3-5-9(6-8)7-10-2;1-2-4-6-8-7-5-3-1;2*1-2/h3-6H,7H2,1-2H3;2-6H,1,7H2;2*1-2H3/b;4-2?,5-3-,8-6?;;. The topological polar surface area (TPSA) is 21.6 Å². The van der Waals surface area contributed by atoms with Crippen LogP contribution in [0, 0.1) is 6.92 Å². The van der Waals surface area contributed by atoms with Crippen molar-refractivity contribution in [2.45, 2.75) is 47.6 Å². The Morgan fingerprint density at radius 1 is 1.05 bits per heavy atom. The smallest absolute Gasteiger partial charge is 0.0713 e. The normalized spacial score (nSPS) is 13.0. The Morgan fingerprint density at radius 2 is 1.77 bits per heavy atom. The van der Waals surface area contributed by atoms with Gasteiger partial charge in [-0.3, -0.25) is 4.99 Å². The maximum Gasteiger partial charge on any atom is 0.0713 e. The second kappa shape index (κ2) is 19.3. The molecule has 1 aliphatic heterocycles. The van der Waals surface area contributed by atoms with E-state index in [1.54, 1.807) is 7.11 Å². The molecule has 0 radical (unpaired) electrons. The fraction of sp³-hybridized carbons (Fsp3) is 0.450. The second-order valence-electron chi connectivity index (χ2n) is 4.07. The molecule has 0 amide bonds. The van der Waals surface area contributed by atoms with Crippen molar-refractivity contribution in [2.75, 3.05) is 13.7 Å². The van der Waals surface area contributed by atoms with Crippen LogP contribution in [0.5, 0.6) is 0 Å². The molecule has 0 aliphatic carbocycles. The maximum absolute atomic E-state index is 4.98. The van der Waals surface area contributed by atoms with Crippen molar-refractivity contribution in [3.8, 4) is 0 Å². The first-order valence-electron chi connectivity index (χ1n) is 8.17. The molecule has 1 aromatic rings. The molecule has 0 saturated carbocycles. The largest absolute Gasteiger partial charge is 0.380 e. The van der Waals surface area contributed by atoms with Gasteiger partial charge < -0.3 is 4.74 Å². The quantitative estimate of drug-likeness (QED) is 0.636. The van der Waals surface area contributed by atoms with Crippen LogP contribution in [0.25, 0.3) is 0 Å². The molecule has 2 heteroatoms. The summed E-state index contributed by atoms with van der Waals surface area (Å²) in [6, 6.07) is 8.32. The van der Waals surface area contributed by atoms with Gasteiger partial charge in [-0.15, -0.1) is 0 Å². The number of ether oxygens (including phenoxy) is 1. The van der Waals surface area contributed by atoms with Gasteiger partial charge in [0.15, 0.2) is 0 Å². The third-order valence-corrected chi connectivity index (χ3v) is 2.37. The highest BCUT2D eigenvalue weighted by Gasteiger charge is 1.89. The Hall–Kier alpha value is -1.67. The summed E-state index contributed by atoms with van der Waals surface area (Å²) in [5, 5.41) is 0. The van der Waals surface area contributed by atoms with Crippen molar-refractivity contribution in [3.05, 3.63) is 59.7 Å². The van der Waals surface area contributed by atoms with E-state index in [1.807, 2.05) is 46.1 Å². The van der Waals surface area contributed by atoms with Crippen molar-refractivity contribution in [3.63, 3.8) is 0 Å². The average molecular weight is 303 g/mol. The summed E-state index contributed by atoms with van der Waals surface area (Å²) in [5.41, 5.74) is 2.53. The van der Waals surface area contributed by atoms with Gasteiger partial charge in [-0.05, 0) is 25.0 Å². The minimum absolute atomic E-state index is 0.710. The van der Waals surface area contributed by atoms with Crippen LogP contribution in [0.3, 0.4) is 0 Å². The Morgan fingerprint density at radius 3 is 2.41 bits per heavy atom. The number of benzene rings is 1. The minimum atomic E-state index is 0.710. The first-order valence-corrected chi connectivity index (χ1v) is 8.17. The minimum Gasteiger partial charge on any atom is -0.380 e. The lowest BCUT2D eigenvalue weighted by molar-refractivity contribution is 0.185. The molecule has 1 heterocycles. The van der Waals surface area contributed by atoms with E-state index >= 15 is 0 Å². The molecule has 0 atom stereocenters. The molecule has 0 saturated heterocycles. The van der Waals surface area contributed by atoms with Gasteiger partial charge in [0, 0.05) is 13.3 Å². The number of aliphatic imine (C=N–C) groups is 1. The lowest BCUT2D eigenvalue weighted by atomic mass is 10.1. The Labute approximate surface area is 137 Å². The number of hydrogen-bond acceptors (Lipinski definition) is 2. The summed E-state index contributed by atoms with van der Waals surface area (Å²) in [6.45, 7) is 11.6. The SMILES string of the molecule is C1=CC/C=C\CN=C1.CC.CC.COCc1cccc(C)c1. The summed E-state index contributed by atoms with van der Waals surface area (Å²) in [6.07, 6.45) is 11.1. The van der Waals surface area contributed by atoms with Gasteiger partial charge in [0.05, 0.1) is 13.2 Å². The van der Waals surface area contributed by atoms with Crippen LogP contribution in [-0.4, -0.2) is 19.9 Å². The van der Waals surface area contributed by atoms with E-state index in [0.29, 0.717) is 6.61 Å². The van der Waals surface area contributed by atoms with Crippen molar-refractivity contribution >= 4 is 6.21 Å². The van der Waals surface area contributed by atoms with Crippen molar-refractivity contribution in [1.82, 2.24) is 0 Å². The fourth-order valence-corrected chi connectivity index (χ4v) is 1.54. The van der Waals surface area contributed by atoms with Crippen LogP contribution in [0.15, 0.2) is 53.6 Å². The van der Waals surface area contributed by atoms with Crippen LogP contribution in [0.2, 0.25) is 0 Å². The predicted octanol–water partition coefficient (Wildman–Crippen LogP) is 5.77. The molecular weight excluding hydrogens is 270 g/mol. The van der Waals surface area contributed by atoms with Crippen LogP contribution in [-0.2, 0) is 11.3 Å². The zero-order valence-electron chi connectivity index (χ0n) is 15.2. The van der Waals surface area contributed by atoms with E-state index in [-0.39, 0.29) is 0 Å². The zero-order valence-corrected chi connectivity index (χ0v) is 15.2. The first kappa shape index (κ1) is 22.6. The van der Waals surface area contributed by atoms with E-state index in [9.17, 15) is 0 Å². The lowest BCUT2D eigenvalue weighted by Crippen LogP contribution is -1.86. The molecule has 22 heavy (non-hydrogen) atoms. The van der Waals surface area contributed by atoms with Crippen molar-refractivity contribution in [1.29, 1.82) is 0 Å². The molecule has 0 fully saturated rings. The highest BCUT2D eigenvalue weighted by atomic mass is 16.5. The van der Waals surface area contributed by atoms with Gasteiger partial charge >= 0.3 is 0 Å². The predicted molar refractivity (Wildman–Crippen MR) is 101 cm³/mol.